The fraction of sp³-hybridized carbons (Fsp3) is 0.810. The molecule has 3 rings (SSSR count). The molecule has 0 amide bonds. The number of nitrogens with zero attached hydrogens (tertiary/aromatic N) is 3. The van der Waals surface area contributed by atoms with Gasteiger partial charge in [0.05, 0.1) is 31.9 Å². The second-order valence-electron chi connectivity index (χ2n) is 8.38. The Labute approximate surface area is 168 Å². The minimum absolute atomic E-state index is 0.279. The number of unbranched alkanes of at least 4 members (excludes halogenated alkanes) is 3. The quantitative estimate of drug-likeness (QED) is 0.418. The van der Waals surface area contributed by atoms with Gasteiger partial charge < -0.3 is 9.47 Å². The minimum Gasteiger partial charge on any atom is -0.475 e. The maximum Gasteiger partial charge on any atom is 0.253 e. The van der Waals surface area contributed by atoms with E-state index in [4.69, 9.17) is 9.47 Å². The summed E-state index contributed by atoms with van der Waals surface area (Å²) in [4.78, 5) is 0. The third-order valence-electron chi connectivity index (χ3n) is 6.22. The number of methoxy groups -OCH3 is 1. The van der Waals surface area contributed by atoms with Gasteiger partial charge in [0.25, 0.3) is 5.88 Å². The molecule has 0 N–H and O–H groups in total. The molecule has 2 unspecified atom stereocenters. The molecule has 1 saturated carbocycles. The van der Waals surface area contributed by atoms with E-state index in [1.165, 1.54) is 62.2 Å². The van der Waals surface area contributed by atoms with E-state index in [1.54, 1.807) is 0 Å². The van der Waals surface area contributed by atoms with Crippen LogP contribution in [0.25, 0.3) is 5.57 Å². The maximum absolute atomic E-state index is 6.06. The molecule has 0 spiro atoms. The Bertz CT molecular complexity index is 612. The van der Waals surface area contributed by atoms with Gasteiger partial charge in [-0.05, 0) is 19.3 Å². The molecule has 0 radical (unpaired) electrons. The highest BCUT2D eigenvalue weighted by Gasteiger charge is 2.42. The van der Waals surface area contributed by atoms with Crippen molar-refractivity contribution in [2.45, 2.75) is 70.9 Å². The van der Waals surface area contributed by atoms with Gasteiger partial charge in [-0.3, -0.25) is 4.48 Å². The zero-order valence-electron chi connectivity index (χ0n) is 17.3. The van der Waals surface area contributed by atoms with E-state index in [2.05, 4.69) is 28.8 Å². The van der Waals surface area contributed by atoms with Gasteiger partial charge in [0.1, 0.15) is 12.2 Å². The Kier molecular flexibility index (Phi) is 7.67. The van der Waals surface area contributed by atoms with E-state index in [-0.39, 0.29) is 6.23 Å². The van der Waals surface area contributed by atoms with Crippen LogP contribution in [0.2, 0.25) is 0 Å². The van der Waals surface area contributed by atoms with Gasteiger partial charge in [-0.25, -0.2) is 0 Å². The molecule has 152 valence electrons. The monoisotopic (exact) mass is 394 g/mol. The Morgan fingerprint density at radius 1 is 1.22 bits per heavy atom. The molecule has 1 fully saturated rings. The van der Waals surface area contributed by atoms with Crippen molar-refractivity contribution in [3.8, 4) is 5.88 Å². The van der Waals surface area contributed by atoms with E-state index in [0.29, 0.717) is 5.92 Å². The van der Waals surface area contributed by atoms with Crippen molar-refractivity contribution >= 4 is 17.3 Å². The summed E-state index contributed by atoms with van der Waals surface area (Å²) < 4.78 is 22.0. The van der Waals surface area contributed by atoms with Crippen LogP contribution in [0.5, 0.6) is 5.88 Å². The number of aromatic nitrogens is 2. The normalized spacial score (nSPS) is 24.8. The zero-order chi connectivity index (χ0) is 19.1. The summed E-state index contributed by atoms with van der Waals surface area (Å²) in [6, 6.07) is 0. The van der Waals surface area contributed by atoms with Gasteiger partial charge in [0.15, 0.2) is 6.23 Å². The standard InChI is InChI=1S/C21H36N3O2S/c1-4-5-6-9-15-26-20-19(22-27-23-20)18-13-10-14-24(2,16-18)21(25-3)17-11-7-8-12-17/h13,17,21H,4-12,14-16H2,1-3H3/q+1. The van der Waals surface area contributed by atoms with Crippen LogP contribution in [0.15, 0.2) is 6.08 Å². The number of quaternary nitrogens is 1. The van der Waals surface area contributed by atoms with Crippen molar-refractivity contribution in [1.82, 2.24) is 8.75 Å². The number of likely N-dealkylation sites (N-methyl/N-ethyl adjacent to an activating group) is 1. The molecular formula is C21H36N3O2S+. The molecular weight excluding hydrogens is 358 g/mol. The van der Waals surface area contributed by atoms with E-state index < -0.39 is 0 Å². The Morgan fingerprint density at radius 3 is 2.78 bits per heavy atom. The van der Waals surface area contributed by atoms with Crippen molar-refractivity contribution < 1.29 is 14.0 Å². The van der Waals surface area contributed by atoms with Crippen molar-refractivity contribution in [1.29, 1.82) is 0 Å². The van der Waals surface area contributed by atoms with Gasteiger partial charge in [0, 0.05) is 25.0 Å². The predicted molar refractivity (Wildman–Crippen MR) is 111 cm³/mol. The Morgan fingerprint density at radius 2 is 2.04 bits per heavy atom. The van der Waals surface area contributed by atoms with E-state index >= 15 is 0 Å². The third-order valence-corrected chi connectivity index (χ3v) is 6.73. The summed E-state index contributed by atoms with van der Waals surface area (Å²) in [6.45, 7) is 5.05. The molecule has 2 heterocycles. The minimum atomic E-state index is 0.279. The number of hydrogen-bond donors (Lipinski definition) is 0. The van der Waals surface area contributed by atoms with Crippen LogP contribution in [-0.2, 0) is 4.74 Å². The number of hydrogen-bond acceptors (Lipinski definition) is 5. The lowest BCUT2D eigenvalue weighted by Crippen LogP contribution is -2.58. The fourth-order valence-corrected chi connectivity index (χ4v) is 5.35. The van der Waals surface area contributed by atoms with Gasteiger partial charge in [-0.1, -0.05) is 45.1 Å². The highest BCUT2D eigenvalue weighted by molar-refractivity contribution is 6.99. The second kappa shape index (κ2) is 9.99. The van der Waals surface area contributed by atoms with Crippen LogP contribution in [0.3, 0.4) is 0 Å². The average molecular weight is 395 g/mol. The van der Waals surface area contributed by atoms with Crippen LogP contribution >= 0.6 is 11.7 Å². The Balaban J connectivity index is 1.65. The van der Waals surface area contributed by atoms with E-state index in [9.17, 15) is 0 Å². The molecule has 27 heavy (non-hydrogen) atoms. The molecule has 6 heteroatoms. The smallest absolute Gasteiger partial charge is 0.253 e. The van der Waals surface area contributed by atoms with Crippen LogP contribution in [0.4, 0.5) is 0 Å². The summed E-state index contributed by atoms with van der Waals surface area (Å²) in [5.74, 6) is 1.41. The third kappa shape index (κ3) is 5.09. The van der Waals surface area contributed by atoms with Gasteiger partial charge in [0.2, 0.25) is 0 Å². The molecule has 1 aromatic heterocycles. The largest absolute Gasteiger partial charge is 0.475 e. The molecule has 1 aliphatic heterocycles. The summed E-state index contributed by atoms with van der Waals surface area (Å²) in [7, 11) is 4.24. The van der Waals surface area contributed by atoms with E-state index in [1.807, 2.05) is 7.11 Å². The summed E-state index contributed by atoms with van der Waals surface area (Å²) >= 11 is 1.26. The highest BCUT2D eigenvalue weighted by atomic mass is 32.1. The number of ether oxygens (including phenoxy) is 2. The summed E-state index contributed by atoms with van der Waals surface area (Å²) in [6.07, 6.45) is 13.8. The maximum atomic E-state index is 6.06. The molecule has 0 aromatic carbocycles. The molecule has 0 saturated heterocycles. The lowest BCUT2D eigenvalue weighted by molar-refractivity contribution is -0.953. The SMILES string of the molecule is CCCCCCOc1nsnc1C1=CCC[N+](C)(C(OC)C2CCCC2)C1. The first-order chi connectivity index (χ1) is 13.2. The van der Waals surface area contributed by atoms with Crippen molar-refractivity contribution in [2.24, 2.45) is 5.92 Å². The highest BCUT2D eigenvalue weighted by Crippen LogP contribution is 2.37. The molecule has 0 bridgehead atoms. The molecule has 5 nitrogen and oxygen atoms in total. The number of rotatable bonds is 10. The Hall–Kier alpha value is -0.980. The topological polar surface area (TPSA) is 44.2 Å². The molecule has 2 atom stereocenters. The van der Waals surface area contributed by atoms with Gasteiger partial charge >= 0.3 is 0 Å². The summed E-state index contributed by atoms with van der Waals surface area (Å²) in [5.41, 5.74) is 2.24. The van der Waals surface area contributed by atoms with Crippen molar-refractivity contribution in [3.63, 3.8) is 0 Å². The first-order valence-electron chi connectivity index (χ1n) is 10.7. The zero-order valence-corrected chi connectivity index (χ0v) is 18.1. The first-order valence-corrected chi connectivity index (χ1v) is 11.4. The van der Waals surface area contributed by atoms with Gasteiger partial charge in [-0.15, -0.1) is 4.37 Å². The van der Waals surface area contributed by atoms with Crippen molar-refractivity contribution in [3.05, 3.63) is 11.8 Å². The lowest BCUT2D eigenvalue weighted by atomic mass is 9.98. The van der Waals surface area contributed by atoms with Crippen LogP contribution < -0.4 is 4.74 Å². The second-order valence-corrected chi connectivity index (χ2v) is 8.91. The average Bonchev–Trinajstić information content (AvgIpc) is 3.34. The first kappa shape index (κ1) is 20.7. The van der Waals surface area contributed by atoms with Crippen LogP contribution in [0, 0.1) is 5.92 Å². The molecule has 2 aliphatic rings. The lowest BCUT2D eigenvalue weighted by Gasteiger charge is -2.45. The summed E-state index contributed by atoms with van der Waals surface area (Å²) in [5, 5.41) is 0. The van der Waals surface area contributed by atoms with E-state index in [0.717, 1.165) is 48.6 Å². The molecule has 1 aliphatic carbocycles. The van der Waals surface area contributed by atoms with Gasteiger partial charge in [-0.2, -0.15) is 4.37 Å². The van der Waals surface area contributed by atoms with Crippen LogP contribution in [-0.4, -0.2) is 53.3 Å². The van der Waals surface area contributed by atoms with Crippen LogP contribution in [0.1, 0.15) is 70.4 Å². The molecule has 1 aromatic rings. The van der Waals surface area contributed by atoms with Crippen molar-refractivity contribution in [2.75, 3.05) is 33.9 Å². The predicted octanol–water partition coefficient (Wildman–Crippen LogP) is 4.89. The fourth-order valence-electron chi connectivity index (χ4n) is 4.82.